The second-order valence-corrected chi connectivity index (χ2v) is 11.3. The minimum absolute atomic E-state index is 0.0175. The highest BCUT2D eigenvalue weighted by molar-refractivity contribution is 7.90. The topological polar surface area (TPSA) is 97.4 Å². The average Bonchev–Trinajstić information content (AvgIpc) is 2.52. The van der Waals surface area contributed by atoms with E-state index in [0.717, 1.165) is 11.8 Å². The molecule has 1 N–H and O–H groups in total. The first-order valence-electron chi connectivity index (χ1n) is 8.22. The van der Waals surface area contributed by atoms with Crippen LogP contribution in [0.15, 0.2) is 53.4 Å². The van der Waals surface area contributed by atoms with E-state index in [9.17, 15) is 21.6 Å². The summed E-state index contributed by atoms with van der Waals surface area (Å²) in [5.41, 5.74) is 1.34. The van der Waals surface area contributed by atoms with Gasteiger partial charge in [-0.25, -0.2) is 21.6 Å². The van der Waals surface area contributed by atoms with E-state index < -0.39 is 25.8 Å². The predicted octanol–water partition coefficient (Wildman–Crippen LogP) is 2.65. The molecule has 0 spiro atoms. The SMILES string of the molecule is CC(C)(C)c1ccc(S(=O)(=O)NC(=O)c2cccc(CS(C)(=O)=O)c2)cc1. The van der Waals surface area contributed by atoms with Gasteiger partial charge in [-0.2, -0.15) is 0 Å². The molecule has 0 radical (unpaired) electrons. The van der Waals surface area contributed by atoms with E-state index in [4.69, 9.17) is 0 Å². The maximum absolute atomic E-state index is 12.5. The molecular weight excluding hydrogens is 386 g/mol. The second-order valence-electron chi connectivity index (χ2n) is 7.48. The molecule has 0 fully saturated rings. The van der Waals surface area contributed by atoms with E-state index in [2.05, 4.69) is 0 Å². The Hall–Kier alpha value is -2.19. The molecule has 2 rings (SSSR count). The van der Waals surface area contributed by atoms with Crippen molar-refractivity contribution >= 4 is 25.8 Å². The highest BCUT2D eigenvalue weighted by atomic mass is 32.2. The summed E-state index contributed by atoms with van der Waals surface area (Å²) in [6.07, 6.45) is 1.09. The molecule has 2 aromatic carbocycles. The second kappa shape index (κ2) is 7.44. The van der Waals surface area contributed by atoms with Crippen LogP contribution in [0.3, 0.4) is 0 Å². The third-order valence-electron chi connectivity index (χ3n) is 3.88. The van der Waals surface area contributed by atoms with Gasteiger partial charge in [-0.15, -0.1) is 0 Å². The van der Waals surface area contributed by atoms with E-state index in [1.807, 2.05) is 25.5 Å². The number of hydrogen-bond donors (Lipinski definition) is 1. The molecule has 0 atom stereocenters. The summed E-state index contributed by atoms with van der Waals surface area (Å²) >= 11 is 0. The number of sulfone groups is 1. The molecule has 0 aliphatic rings. The molecule has 1 amide bonds. The van der Waals surface area contributed by atoms with Gasteiger partial charge in [0.1, 0.15) is 0 Å². The van der Waals surface area contributed by atoms with Crippen LogP contribution in [0.4, 0.5) is 0 Å². The average molecular weight is 410 g/mol. The van der Waals surface area contributed by atoms with Crippen LogP contribution in [0, 0.1) is 0 Å². The lowest BCUT2D eigenvalue weighted by Gasteiger charge is -2.19. The van der Waals surface area contributed by atoms with Crippen molar-refractivity contribution in [2.75, 3.05) is 6.26 Å². The molecule has 0 heterocycles. The van der Waals surface area contributed by atoms with Gasteiger partial charge in [0.05, 0.1) is 10.6 Å². The number of hydrogen-bond acceptors (Lipinski definition) is 5. The van der Waals surface area contributed by atoms with Crippen LogP contribution in [0.5, 0.6) is 0 Å². The van der Waals surface area contributed by atoms with Crippen LogP contribution in [0.1, 0.15) is 42.3 Å². The molecule has 0 aromatic heterocycles. The quantitative estimate of drug-likeness (QED) is 0.819. The highest BCUT2D eigenvalue weighted by Gasteiger charge is 2.21. The molecule has 0 unspecified atom stereocenters. The van der Waals surface area contributed by atoms with Crippen LogP contribution in [-0.2, 0) is 31.0 Å². The molecule has 27 heavy (non-hydrogen) atoms. The van der Waals surface area contributed by atoms with Crippen molar-refractivity contribution in [1.82, 2.24) is 4.72 Å². The number of carbonyl (C=O) groups is 1. The Morgan fingerprint density at radius 1 is 0.963 bits per heavy atom. The maximum Gasteiger partial charge on any atom is 0.265 e. The fourth-order valence-electron chi connectivity index (χ4n) is 2.48. The summed E-state index contributed by atoms with van der Waals surface area (Å²) in [7, 11) is -7.30. The summed E-state index contributed by atoms with van der Waals surface area (Å²) < 4.78 is 49.7. The van der Waals surface area contributed by atoms with E-state index >= 15 is 0 Å². The van der Waals surface area contributed by atoms with E-state index in [0.29, 0.717) is 5.56 Å². The lowest BCUT2D eigenvalue weighted by molar-refractivity contribution is 0.0981. The van der Waals surface area contributed by atoms with E-state index in [-0.39, 0.29) is 21.6 Å². The summed E-state index contributed by atoms with van der Waals surface area (Å²) in [6.45, 7) is 6.05. The van der Waals surface area contributed by atoms with Crippen LogP contribution in [0.2, 0.25) is 0 Å². The Kier molecular flexibility index (Phi) is 5.82. The molecule has 0 bridgehead atoms. The van der Waals surface area contributed by atoms with Gasteiger partial charge in [0, 0.05) is 11.8 Å². The predicted molar refractivity (Wildman–Crippen MR) is 105 cm³/mol. The first-order valence-corrected chi connectivity index (χ1v) is 11.8. The number of nitrogens with one attached hydrogen (secondary N) is 1. The minimum Gasteiger partial charge on any atom is -0.268 e. The molecule has 2 aromatic rings. The minimum atomic E-state index is -4.04. The number of sulfonamides is 1. The van der Waals surface area contributed by atoms with Gasteiger partial charge in [-0.05, 0) is 40.8 Å². The monoisotopic (exact) mass is 409 g/mol. The lowest BCUT2D eigenvalue weighted by atomic mass is 9.87. The normalized spacial score (nSPS) is 12.6. The molecule has 8 heteroatoms. The van der Waals surface area contributed by atoms with Crippen molar-refractivity contribution in [2.45, 2.75) is 36.8 Å². The number of carbonyl (C=O) groups excluding carboxylic acids is 1. The third kappa shape index (κ3) is 5.90. The van der Waals surface area contributed by atoms with E-state index in [1.54, 1.807) is 18.2 Å². The zero-order valence-electron chi connectivity index (χ0n) is 15.7. The van der Waals surface area contributed by atoms with Crippen molar-refractivity contribution < 1.29 is 21.6 Å². The zero-order chi connectivity index (χ0) is 20.5. The molecule has 0 saturated carbocycles. The van der Waals surface area contributed by atoms with Crippen molar-refractivity contribution in [3.63, 3.8) is 0 Å². The van der Waals surface area contributed by atoms with Crippen LogP contribution in [-0.4, -0.2) is 29.0 Å². The van der Waals surface area contributed by atoms with Gasteiger partial charge in [-0.1, -0.05) is 45.0 Å². The molecule has 6 nitrogen and oxygen atoms in total. The summed E-state index contributed by atoms with van der Waals surface area (Å²) in [5, 5.41) is 0. The van der Waals surface area contributed by atoms with Crippen molar-refractivity contribution in [3.05, 3.63) is 65.2 Å². The van der Waals surface area contributed by atoms with Gasteiger partial charge in [0.25, 0.3) is 15.9 Å². The molecule has 0 aliphatic heterocycles. The Morgan fingerprint density at radius 3 is 2.07 bits per heavy atom. The van der Waals surface area contributed by atoms with Gasteiger partial charge in [0.2, 0.25) is 0 Å². The van der Waals surface area contributed by atoms with Crippen LogP contribution in [0.25, 0.3) is 0 Å². The first kappa shape index (κ1) is 21.1. The summed E-state index contributed by atoms with van der Waals surface area (Å²) in [4.78, 5) is 12.3. The summed E-state index contributed by atoms with van der Waals surface area (Å²) in [6, 6.07) is 12.2. The molecule has 0 aliphatic carbocycles. The Morgan fingerprint density at radius 2 is 1.56 bits per heavy atom. The number of amides is 1. The highest BCUT2D eigenvalue weighted by Crippen LogP contribution is 2.23. The van der Waals surface area contributed by atoms with E-state index in [1.165, 1.54) is 30.3 Å². The van der Waals surface area contributed by atoms with Crippen LogP contribution < -0.4 is 4.72 Å². The summed E-state index contributed by atoms with van der Waals surface area (Å²) in [5.74, 6) is -1.04. The maximum atomic E-state index is 12.5. The van der Waals surface area contributed by atoms with Gasteiger partial charge in [0.15, 0.2) is 9.84 Å². The Balaban J connectivity index is 2.23. The fraction of sp³-hybridized carbons (Fsp3) is 0.316. The van der Waals surface area contributed by atoms with Gasteiger partial charge in [-0.3, -0.25) is 4.79 Å². The fourth-order valence-corrected chi connectivity index (χ4v) is 4.24. The standard InChI is InChI=1S/C19H23NO5S2/c1-19(2,3)16-8-10-17(11-9-16)27(24,25)20-18(21)15-7-5-6-14(12-15)13-26(4,22)23/h5-12H,13H2,1-4H3,(H,20,21). The Labute approximate surface area is 160 Å². The van der Waals surface area contributed by atoms with Crippen molar-refractivity contribution in [1.29, 1.82) is 0 Å². The van der Waals surface area contributed by atoms with Crippen molar-refractivity contribution in [2.24, 2.45) is 0 Å². The largest absolute Gasteiger partial charge is 0.268 e. The van der Waals surface area contributed by atoms with Crippen molar-refractivity contribution in [3.8, 4) is 0 Å². The first-order chi connectivity index (χ1) is 12.3. The number of rotatable bonds is 5. The molecule has 146 valence electrons. The molecule has 0 saturated heterocycles. The zero-order valence-corrected chi connectivity index (χ0v) is 17.3. The molecular formula is C19H23NO5S2. The smallest absolute Gasteiger partial charge is 0.265 e. The van der Waals surface area contributed by atoms with Gasteiger partial charge >= 0.3 is 0 Å². The number of benzene rings is 2. The van der Waals surface area contributed by atoms with Gasteiger partial charge < -0.3 is 0 Å². The van der Waals surface area contributed by atoms with Crippen LogP contribution >= 0.6 is 0 Å². The third-order valence-corrected chi connectivity index (χ3v) is 6.08. The lowest BCUT2D eigenvalue weighted by Crippen LogP contribution is -2.30. The Bertz CT molecular complexity index is 1050.